The highest BCUT2D eigenvalue weighted by Gasteiger charge is 2.30. The number of nitrogens with one attached hydrogen (secondary N) is 2. The Morgan fingerprint density at radius 1 is 1.21 bits per heavy atom. The summed E-state index contributed by atoms with van der Waals surface area (Å²) < 4.78 is 36.9. The summed E-state index contributed by atoms with van der Waals surface area (Å²) in [6, 6.07) is 2.34. The van der Waals surface area contributed by atoms with Crippen molar-refractivity contribution in [2.24, 2.45) is 0 Å². The minimum absolute atomic E-state index is 0.437. The first kappa shape index (κ1) is 13.4. The lowest BCUT2D eigenvalue weighted by atomic mass is 10.2. The van der Waals surface area contributed by atoms with Crippen molar-refractivity contribution in [3.63, 3.8) is 0 Å². The van der Waals surface area contributed by atoms with Crippen LogP contribution in [0.15, 0.2) is 30.7 Å². The number of nitrogens with zero attached hydrogens (tertiary/aromatic N) is 2. The summed E-state index contributed by atoms with van der Waals surface area (Å²) in [6.45, 7) is 0.624. The number of aryl methyl sites for hydroxylation is 1. The summed E-state index contributed by atoms with van der Waals surface area (Å²) in [5.74, 6) is 1.33. The third kappa shape index (κ3) is 3.97. The Labute approximate surface area is 108 Å². The van der Waals surface area contributed by atoms with E-state index in [1.165, 1.54) is 6.07 Å². The Morgan fingerprint density at radius 3 is 2.63 bits per heavy atom. The standard InChI is InChI=1S/C12H13F3N4/c13-12(14,15)9-3-4-11(19-8-9)16-5-1-2-10-17-6-7-18-10/h3-4,6-8H,1-2,5H2,(H,16,19)(H,17,18). The van der Waals surface area contributed by atoms with Crippen LogP contribution in [0, 0.1) is 0 Å². The maximum absolute atomic E-state index is 12.3. The molecule has 0 aliphatic heterocycles. The molecule has 7 heteroatoms. The number of imidazole rings is 1. The highest BCUT2D eigenvalue weighted by molar-refractivity contribution is 5.35. The molecule has 2 aromatic heterocycles. The van der Waals surface area contributed by atoms with E-state index in [0.29, 0.717) is 12.4 Å². The van der Waals surface area contributed by atoms with Gasteiger partial charge in [-0.25, -0.2) is 9.97 Å². The van der Waals surface area contributed by atoms with E-state index in [1.807, 2.05) is 0 Å². The SMILES string of the molecule is FC(F)(F)c1ccc(NCCCc2ncc[nH]2)nc1. The van der Waals surface area contributed by atoms with Gasteiger partial charge >= 0.3 is 6.18 Å². The van der Waals surface area contributed by atoms with Gasteiger partial charge in [0.1, 0.15) is 11.6 Å². The number of pyridine rings is 1. The first-order valence-electron chi connectivity index (χ1n) is 5.81. The molecule has 2 aromatic rings. The second-order valence-electron chi connectivity index (χ2n) is 4.00. The molecule has 19 heavy (non-hydrogen) atoms. The van der Waals surface area contributed by atoms with Gasteiger partial charge in [0, 0.05) is 31.6 Å². The minimum Gasteiger partial charge on any atom is -0.370 e. The Kier molecular flexibility index (Phi) is 4.03. The van der Waals surface area contributed by atoms with Crippen molar-refractivity contribution in [2.75, 3.05) is 11.9 Å². The molecule has 0 amide bonds. The van der Waals surface area contributed by atoms with E-state index < -0.39 is 11.7 Å². The zero-order valence-corrected chi connectivity index (χ0v) is 10.0. The third-order valence-corrected chi connectivity index (χ3v) is 2.54. The van der Waals surface area contributed by atoms with Crippen molar-refractivity contribution >= 4 is 5.82 Å². The summed E-state index contributed by atoms with van der Waals surface area (Å²) in [7, 11) is 0. The van der Waals surface area contributed by atoms with Crippen LogP contribution >= 0.6 is 0 Å². The minimum atomic E-state index is -4.34. The number of rotatable bonds is 5. The van der Waals surface area contributed by atoms with Crippen LogP contribution in [0.4, 0.5) is 19.0 Å². The lowest BCUT2D eigenvalue weighted by molar-refractivity contribution is -0.137. The molecule has 2 rings (SSSR count). The van der Waals surface area contributed by atoms with Gasteiger partial charge in [-0.1, -0.05) is 0 Å². The Hall–Kier alpha value is -2.05. The van der Waals surface area contributed by atoms with Gasteiger partial charge in [0.25, 0.3) is 0 Å². The number of aromatic amines is 1. The highest BCUT2D eigenvalue weighted by Crippen LogP contribution is 2.28. The van der Waals surface area contributed by atoms with Crippen molar-refractivity contribution in [1.29, 1.82) is 0 Å². The molecule has 0 fully saturated rings. The first-order chi connectivity index (χ1) is 9.05. The lowest BCUT2D eigenvalue weighted by Gasteiger charge is -2.08. The number of anilines is 1. The smallest absolute Gasteiger partial charge is 0.370 e. The van der Waals surface area contributed by atoms with Crippen molar-refractivity contribution < 1.29 is 13.2 Å². The number of H-pyrrole nitrogens is 1. The van der Waals surface area contributed by atoms with Crippen LogP contribution in [-0.4, -0.2) is 21.5 Å². The predicted molar refractivity (Wildman–Crippen MR) is 64.6 cm³/mol. The normalized spacial score (nSPS) is 11.5. The molecular weight excluding hydrogens is 257 g/mol. The quantitative estimate of drug-likeness (QED) is 0.821. The summed E-state index contributed by atoms with van der Waals surface area (Å²) in [5.41, 5.74) is -0.742. The fourth-order valence-electron chi connectivity index (χ4n) is 1.57. The predicted octanol–water partition coefficient (Wildman–Crippen LogP) is 2.87. The topological polar surface area (TPSA) is 53.6 Å². The molecule has 0 bridgehead atoms. The fourth-order valence-corrected chi connectivity index (χ4v) is 1.57. The molecule has 102 valence electrons. The van der Waals surface area contributed by atoms with Crippen LogP contribution in [-0.2, 0) is 12.6 Å². The van der Waals surface area contributed by atoms with Crippen LogP contribution in [0.5, 0.6) is 0 Å². The molecule has 0 unspecified atom stereocenters. The lowest BCUT2D eigenvalue weighted by Crippen LogP contribution is -2.08. The fraction of sp³-hybridized carbons (Fsp3) is 0.333. The maximum Gasteiger partial charge on any atom is 0.417 e. The van der Waals surface area contributed by atoms with E-state index in [0.717, 1.165) is 30.9 Å². The molecule has 0 saturated carbocycles. The van der Waals surface area contributed by atoms with Crippen LogP contribution < -0.4 is 5.32 Å². The second kappa shape index (κ2) is 5.73. The largest absolute Gasteiger partial charge is 0.417 e. The molecule has 0 aliphatic rings. The van der Waals surface area contributed by atoms with E-state index in [2.05, 4.69) is 20.3 Å². The maximum atomic E-state index is 12.3. The van der Waals surface area contributed by atoms with Gasteiger partial charge in [-0.3, -0.25) is 0 Å². The summed E-state index contributed by atoms with van der Waals surface area (Å²) in [6.07, 6.45) is 1.51. The van der Waals surface area contributed by atoms with Crippen molar-refractivity contribution in [1.82, 2.24) is 15.0 Å². The molecule has 0 saturated heterocycles. The first-order valence-corrected chi connectivity index (χ1v) is 5.81. The summed E-state index contributed by atoms with van der Waals surface area (Å²) in [4.78, 5) is 10.8. The summed E-state index contributed by atoms with van der Waals surface area (Å²) in [5, 5.41) is 2.97. The van der Waals surface area contributed by atoms with Gasteiger partial charge in [-0.05, 0) is 18.6 Å². The van der Waals surface area contributed by atoms with Gasteiger partial charge in [-0.15, -0.1) is 0 Å². The number of hydrogen-bond acceptors (Lipinski definition) is 3. The van der Waals surface area contributed by atoms with E-state index in [1.54, 1.807) is 12.4 Å². The van der Waals surface area contributed by atoms with Crippen LogP contribution in [0.25, 0.3) is 0 Å². The Balaban J connectivity index is 1.77. The van der Waals surface area contributed by atoms with Gasteiger partial charge in [0.2, 0.25) is 0 Å². The Bertz CT molecular complexity index is 491. The van der Waals surface area contributed by atoms with E-state index in [4.69, 9.17) is 0 Å². The average molecular weight is 270 g/mol. The van der Waals surface area contributed by atoms with Gasteiger partial charge in [-0.2, -0.15) is 13.2 Å². The van der Waals surface area contributed by atoms with Crippen molar-refractivity contribution in [3.05, 3.63) is 42.1 Å². The molecule has 0 atom stereocenters. The van der Waals surface area contributed by atoms with Gasteiger partial charge in [0.15, 0.2) is 0 Å². The van der Waals surface area contributed by atoms with Crippen LogP contribution in [0.2, 0.25) is 0 Å². The molecule has 0 spiro atoms. The van der Waals surface area contributed by atoms with Gasteiger partial charge in [0.05, 0.1) is 5.56 Å². The number of aromatic nitrogens is 3. The van der Waals surface area contributed by atoms with Crippen molar-refractivity contribution in [2.45, 2.75) is 19.0 Å². The second-order valence-corrected chi connectivity index (χ2v) is 4.00. The molecule has 2 N–H and O–H groups in total. The molecule has 4 nitrogen and oxygen atoms in total. The average Bonchev–Trinajstić information content (AvgIpc) is 2.87. The van der Waals surface area contributed by atoms with Crippen LogP contribution in [0.3, 0.4) is 0 Å². The molecular formula is C12H13F3N4. The number of alkyl halides is 3. The third-order valence-electron chi connectivity index (χ3n) is 2.54. The number of hydrogen-bond donors (Lipinski definition) is 2. The van der Waals surface area contributed by atoms with E-state index >= 15 is 0 Å². The molecule has 2 heterocycles. The molecule has 0 aromatic carbocycles. The molecule has 0 aliphatic carbocycles. The monoisotopic (exact) mass is 270 g/mol. The Morgan fingerprint density at radius 2 is 2.05 bits per heavy atom. The highest BCUT2D eigenvalue weighted by atomic mass is 19.4. The van der Waals surface area contributed by atoms with Crippen LogP contribution in [0.1, 0.15) is 17.8 Å². The summed E-state index contributed by atoms with van der Waals surface area (Å²) >= 11 is 0. The van der Waals surface area contributed by atoms with E-state index in [9.17, 15) is 13.2 Å². The number of halogens is 3. The molecule has 0 radical (unpaired) electrons. The van der Waals surface area contributed by atoms with Gasteiger partial charge < -0.3 is 10.3 Å². The zero-order chi connectivity index (χ0) is 13.7. The zero-order valence-electron chi connectivity index (χ0n) is 10.0. The van der Waals surface area contributed by atoms with E-state index in [-0.39, 0.29) is 0 Å². The van der Waals surface area contributed by atoms with Crippen molar-refractivity contribution in [3.8, 4) is 0 Å².